The maximum Gasteiger partial charge on any atom is 0.339 e. The quantitative estimate of drug-likeness (QED) is 0.790. The SMILES string of the molecule is COC(=O)C(O)c1cc(Cl)cc(C)c1C. The van der Waals surface area contributed by atoms with Gasteiger partial charge in [-0.25, -0.2) is 4.79 Å². The van der Waals surface area contributed by atoms with Gasteiger partial charge in [0.25, 0.3) is 0 Å². The molecule has 0 fully saturated rings. The van der Waals surface area contributed by atoms with Crippen LogP contribution in [0.1, 0.15) is 22.8 Å². The molecule has 3 nitrogen and oxygen atoms in total. The third kappa shape index (κ3) is 2.49. The first-order chi connectivity index (χ1) is 6.97. The minimum Gasteiger partial charge on any atom is -0.467 e. The molecule has 0 saturated carbocycles. The number of methoxy groups -OCH3 is 1. The standard InChI is InChI=1S/C11H13ClO3/c1-6-4-8(12)5-9(7(6)2)10(13)11(14)15-3/h4-5,10,13H,1-3H3. The van der Waals surface area contributed by atoms with E-state index in [-0.39, 0.29) is 0 Å². The summed E-state index contributed by atoms with van der Waals surface area (Å²) in [6.45, 7) is 3.70. The van der Waals surface area contributed by atoms with Gasteiger partial charge in [-0.15, -0.1) is 0 Å². The molecule has 0 radical (unpaired) electrons. The highest BCUT2D eigenvalue weighted by Crippen LogP contribution is 2.25. The lowest BCUT2D eigenvalue weighted by molar-refractivity contribution is -0.150. The van der Waals surface area contributed by atoms with Gasteiger partial charge in [-0.05, 0) is 42.7 Å². The van der Waals surface area contributed by atoms with E-state index in [2.05, 4.69) is 4.74 Å². The third-order valence-electron chi connectivity index (χ3n) is 2.39. The number of aryl methyl sites for hydroxylation is 1. The molecule has 1 aromatic rings. The Bertz CT molecular complexity index is 388. The van der Waals surface area contributed by atoms with Gasteiger partial charge in [-0.2, -0.15) is 0 Å². The molecule has 0 saturated heterocycles. The van der Waals surface area contributed by atoms with Gasteiger partial charge in [0.2, 0.25) is 0 Å². The number of esters is 1. The highest BCUT2D eigenvalue weighted by molar-refractivity contribution is 6.30. The monoisotopic (exact) mass is 228 g/mol. The fourth-order valence-electron chi connectivity index (χ4n) is 1.36. The Morgan fingerprint density at radius 1 is 1.47 bits per heavy atom. The van der Waals surface area contributed by atoms with Crippen molar-refractivity contribution >= 4 is 17.6 Å². The van der Waals surface area contributed by atoms with Gasteiger partial charge in [0, 0.05) is 5.02 Å². The largest absolute Gasteiger partial charge is 0.467 e. The third-order valence-corrected chi connectivity index (χ3v) is 2.61. The van der Waals surface area contributed by atoms with Crippen molar-refractivity contribution in [3.63, 3.8) is 0 Å². The number of aliphatic hydroxyl groups is 1. The van der Waals surface area contributed by atoms with Crippen LogP contribution in [0.15, 0.2) is 12.1 Å². The van der Waals surface area contributed by atoms with E-state index in [1.807, 2.05) is 13.8 Å². The number of ether oxygens (including phenoxy) is 1. The molecule has 0 aliphatic heterocycles. The Kier molecular flexibility index (Phi) is 3.72. The fraction of sp³-hybridized carbons (Fsp3) is 0.364. The minimum atomic E-state index is -1.27. The Morgan fingerprint density at radius 2 is 2.07 bits per heavy atom. The average Bonchev–Trinajstić information content (AvgIpc) is 2.21. The van der Waals surface area contributed by atoms with Crippen LogP contribution in [0.4, 0.5) is 0 Å². The van der Waals surface area contributed by atoms with Gasteiger partial charge in [-0.1, -0.05) is 11.6 Å². The molecule has 0 amide bonds. The first-order valence-corrected chi connectivity index (χ1v) is 4.87. The molecule has 1 rings (SSSR count). The van der Waals surface area contributed by atoms with Gasteiger partial charge in [-0.3, -0.25) is 0 Å². The van der Waals surface area contributed by atoms with Gasteiger partial charge < -0.3 is 9.84 Å². The summed E-state index contributed by atoms with van der Waals surface area (Å²) in [6, 6.07) is 3.36. The van der Waals surface area contributed by atoms with Crippen LogP contribution in [-0.4, -0.2) is 18.2 Å². The molecule has 0 heterocycles. The van der Waals surface area contributed by atoms with E-state index in [9.17, 15) is 9.90 Å². The van der Waals surface area contributed by atoms with E-state index in [4.69, 9.17) is 11.6 Å². The van der Waals surface area contributed by atoms with Gasteiger partial charge >= 0.3 is 5.97 Å². The first kappa shape index (κ1) is 12.0. The number of aliphatic hydroxyl groups excluding tert-OH is 1. The van der Waals surface area contributed by atoms with E-state index in [1.54, 1.807) is 12.1 Å². The van der Waals surface area contributed by atoms with Crippen LogP contribution < -0.4 is 0 Å². The van der Waals surface area contributed by atoms with E-state index < -0.39 is 12.1 Å². The van der Waals surface area contributed by atoms with Crippen LogP contribution in [0.3, 0.4) is 0 Å². The minimum absolute atomic E-state index is 0.492. The number of hydrogen-bond donors (Lipinski definition) is 1. The number of benzene rings is 1. The Labute approximate surface area is 93.6 Å². The second-order valence-electron chi connectivity index (χ2n) is 3.36. The normalized spacial score (nSPS) is 12.3. The predicted molar refractivity (Wildman–Crippen MR) is 57.9 cm³/mol. The molecule has 0 aromatic heterocycles. The highest BCUT2D eigenvalue weighted by atomic mass is 35.5. The van der Waals surface area contributed by atoms with Crippen LogP contribution in [0.25, 0.3) is 0 Å². The zero-order valence-electron chi connectivity index (χ0n) is 8.87. The summed E-state index contributed by atoms with van der Waals surface area (Å²) >= 11 is 5.85. The number of rotatable bonds is 2. The lowest BCUT2D eigenvalue weighted by Gasteiger charge is -2.13. The molecule has 0 aliphatic carbocycles. The molecule has 4 heteroatoms. The second-order valence-corrected chi connectivity index (χ2v) is 3.80. The lowest BCUT2D eigenvalue weighted by atomic mass is 9.99. The summed E-state index contributed by atoms with van der Waals surface area (Å²) in [5, 5.41) is 10.2. The summed E-state index contributed by atoms with van der Waals surface area (Å²) in [5.74, 6) is -0.681. The van der Waals surface area contributed by atoms with E-state index in [0.29, 0.717) is 10.6 Å². The van der Waals surface area contributed by atoms with Crippen LogP contribution >= 0.6 is 11.6 Å². The topological polar surface area (TPSA) is 46.5 Å². The van der Waals surface area contributed by atoms with Gasteiger partial charge in [0.15, 0.2) is 6.10 Å². The van der Waals surface area contributed by atoms with Crippen molar-refractivity contribution in [2.45, 2.75) is 20.0 Å². The average molecular weight is 229 g/mol. The van der Waals surface area contributed by atoms with Crippen molar-refractivity contribution in [3.05, 3.63) is 33.8 Å². The molecule has 0 bridgehead atoms. The Morgan fingerprint density at radius 3 is 2.60 bits per heavy atom. The Hall–Kier alpha value is -1.06. The molecule has 1 atom stereocenters. The number of halogens is 1. The highest BCUT2D eigenvalue weighted by Gasteiger charge is 2.20. The molecule has 82 valence electrons. The van der Waals surface area contributed by atoms with Crippen molar-refractivity contribution in [1.82, 2.24) is 0 Å². The molecule has 1 unspecified atom stereocenters. The van der Waals surface area contributed by atoms with Crippen molar-refractivity contribution in [2.75, 3.05) is 7.11 Å². The van der Waals surface area contributed by atoms with Crippen LogP contribution in [-0.2, 0) is 9.53 Å². The van der Waals surface area contributed by atoms with Gasteiger partial charge in [0.1, 0.15) is 0 Å². The maximum atomic E-state index is 11.2. The second kappa shape index (κ2) is 4.64. The molecular weight excluding hydrogens is 216 g/mol. The fourth-order valence-corrected chi connectivity index (χ4v) is 1.65. The molecule has 0 aliphatic rings. The summed E-state index contributed by atoms with van der Waals surface area (Å²) in [5.41, 5.74) is 2.27. The zero-order valence-corrected chi connectivity index (χ0v) is 9.63. The van der Waals surface area contributed by atoms with E-state index in [1.165, 1.54) is 7.11 Å². The van der Waals surface area contributed by atoms with Crippen molar-refractivity contribution < 1.29 is 14.6 Å². The Balaban J connectivity index is 3.19. The summed E-state index contributed by atoms with van der Waals surface area (Å²) in [6.07, 6.45) is -1.27. The number of hydrogen-bond acceptors (Lipinski definition) is 3. The van der Waals surface area contributed by atoms with Crippen molar-refractivity contribution in [3.8, 4) is 0 Å². The van der Waals surface area contributed by atoms with Crippen LogP contribution in [0.5, 0.6) is 0 Å². The van der Waals surface area contributed by atoms with E-state index in [0.717, 1.165) is 11.1 Å². The molecular formula is C11H13ClO3. The molecule has 15 heavy (non-hydrogen) atoms. The smallest absolute Gasteiger partial charge is 0.339 e. The predicted octanol–water partition coefficient (Wildman–Crippen LogP) is 2.16. The molecule has 0 spiro atoms. The van der Waals surface area contributed by atoms with Crippen molar-refractivity contribution in [2.24, 2.45) is 0 Å². The van der Waals surface area contributed by atoms with Crippen LogP contribution in [0, 0.1) is 13.8 Å². The molecule has 1 N–H and O–H groups in total. The number of carbonyl (C=O) groups is 1. The summed E-state index contributed by atoms with van der Waals surface area (Å²) in [4.78, 5) is 11.2. The summed E-state index contributed by atoms with van der Waals surface area (Å²) < 4.78 is 4.47. The van der Waals surface area contributed by atoms with Crippen molar-refractivity contribution in [1.29, 1.82) is 0 Å². The van der Waals surface area contributed by atoms with Gasteiger partial charge in [0.05, 0.1) is 7.11 Å². The maximum absolute atomic E-state index is 11.2. The molecule has 1 aromatic carbocycles. The van der Waals surface area contributed by atoms with Crippen LogP contribution in [0.2, 0.25) is 5.02 Å². The first-order valence-electron chi connectivity index (χ1n) is 4.50. The number of carbonyl (C=O) groups excluding carboxylic acids is 1. The summed E-state index contributed by atoms with van der Waals surface area (Å²) in [7, 11) is 1.23. The lowest BCUT2D eigenvalue weighted by Crippen LogP contribution is -2.15. The van der Waals surface area contributed by atoms with E-state index >= 15 is 0 Å². The zero-order chi connectivity index (χ0) is 11.6.